The second-order valence-electron chi connectivity index (χ2n) is 5.56. The first-order valence-electron chi connectivity index (χ1n) is 6.98. The molecule has 0 amide bonds. The summed E-state index contributed by atoms with van der Waals surface area (Å²) < 4.78 is 13.5. The number of benzene rings is 2. The van der Waals surface area contributed by atoms with Gasteiger partial charge >= 0.3 is 0 Å². The molecule has 2 nitrogen and oxygen atoms in total. The van der Waals surface area contributed by atoms with Crippen molar-refractivity contribution >= 4 is 0 Å². The Hall–Kier alpha value is -1.71. The molecule has 1 aliphatic rings. The number of nitrogens with one attached hydrogen (secondary N) is 1. The van der Waals surface area contributed by atoms with Crippen LogP contribution in [0.1, 0.15) is 35.1 Å². The van der Waals surface area contributed by atoms with Gasteiger partial charge in [0.1, 0.15) is 5.82 Å². The number of hydrazine groups is 1. The van der Waals surface area contributed by atoms with Crippen molar-refractivity contribution < 1.29 is 4.39 Å². The number of hydrogen-bond donors (Lipinski definition) is 2. The minimum absolute atomic E-state index is 0.0101. The van der Waals surface area contributed by atoms with Crippen molar-refractivity contribution in [1.82, 2.24) is 5.43 Å². The smallest absolute Gasteiger partial charge is 0.123 e. The molecule has 20 heavy (non-hydrogen) atoms. The summed E-state index contributed by atoms with van der Waals surface area (Å²) >= 11 is 0. The summed E-state index contributed by atoms with van der Waals surface area (Å²) in [7, 11) is 0. The molecule has 104 valence electrons. The van der Waals surface area contributed by atoms with Crippen molar-refractivity contribution in [3.8, 4) is 0 Å². The highest BCUT2D eigenvalue weighted by atomic mass is 19.1. The zero-order valence-corrected chi connectivity index (χ0v) is 11.5. The summed E-state index contributed by atoms with van der Waals surface area (Å²) in [4.78, 5) is 0. The fourth-order valence-electron chi connectivity index (χ4n) is 3.06. The molecule has 3 N–H and O–H groups in total. The second kappa shape index (κ2) is 5.35. The van der Waals surface area contributed by atoms with Gasteiger partial charge in [-0.1, -0.05) is 36.4 Å². The minimum atomic E-state index is -0.206. The van der Waals surface area contributed by atoms with Gasteiger partial charge in [0.15, 0.2) is 0 Å². The molecule has 1 saturated carbocycles. The average Bonchev–Trinajstić information content (AvgIpc) is 3.25. The van der Waals surface area contributed by atoms with Crippen LogP contribution in [0.2, 0.25) is 0 Å². The van der Waals surface area contributed by atoms with Crippen LogP contribution in [-0.2, 0) is 0 Å². The van der Waals surface area contributed by atoms with Crippen LogP contribution in [0.5, 0.6) is 0 Å². The summed E-state index contributed by atoms with van der Waals surface area (Å²) in [5.74, 6) is 6.47. The van der Waals surface area contributed by atoms with E-state index in [0.717, 1.165) is 17.5 Å². The maximum Gasteiger partial charge on any atom is 0.123 e. The first kappa shape index (κ1) is 13.3. The first-order chi connectivity index (χ1) is 9.70. The van der Waals surface area contributed by atoms with Gasteiger partial charge < -0.3 is 0 Å². The van der Waals surface area contributed by atoms with E-state index in [1.807, 2.05) is 19.1 Å². The zero-order valence-electron chi connectivity index (χ0n) is 11.5. The molecule has 0 heterocycles. The maximum absolute atomic E-state index is 13.5. The molecule has 3 heteroatoms. The van der Waals surface area contributed by atoms with Crippen molar-refractivity contribution in [1.29, 1.82) is 0 Å². The van der Waals surface area contributed by atoms with Crippen LogP contribution in [0, 0.1) is 18.7 Å². The van der Waals surface area contributed by atoms with Gasteiger partial charge in [0.2, 0.25) is 0 Å². The van der Waals surface area contributed by atoms with E-state index in [4.69, 9.17) is 5.84 Å². The third-order valence-electron chi connectivity index (χ3n) is 4.25. The SMILES string of the molecule is Cc1ccc(F)cc1C(NN)C1CC1c1ccccc1. The molecule has 0 aliphatic heterocycles. The Morgan fingerprint density at radius 3 is 2.65 bits per heavy atom. The molecule has 3 rings (SSSR count). The fourth-order valence-corrected chi connectivity index (χ4v) is 3.06. The Bertz CT molecular complexity index is 597. The molecule has 1 aliphatic carbocycles. The standard InChI is InChI=1S/C17H19FN2/c1-11-7-8-13(18)9-14(11)17(20-19)16-10-15(16)12-5-3-2-4-6-12/h2-9,15-17,20H,10,19H2,1H3. The molecule has 0 saturated heterocycles. The molecule has 0 spiro atoms. The topological polar surface area (TPSA) is 38.0 Å². The molecular weight excluding hydrogens is 251 g/mol. The van der Waals surface area contributed by atoms with Crippen molar-refractivity contribution in [3.63, 3.8) is 0 Å². The van der Waals surface area contributed by atoms with E-state index in [0.29, 0.717) is 11.8 Å². The Labute approximate surface area is 118 Å². The average molecular weight is 270 g/mol. The Morgan fingerprint density at radius 1 is 1.20 bits per heavy atom. The molecule has 0 bridgehead atoms. The first-order valence-corrected chi connectivity index (χ1v) is 6.98. The normalized spacial score (nSPS) is 22.6. The third-order valence-corrected chi connectivity index (χ3v) is 4.25. The van der Waals surface area contributed by atoms with Crippen molar-refractivity contribution in [2.45, 2.75) is 25.3 Å². The lowest BCUT2D eigenvalue weighted by Crippen LogP contribution is -2.30. The Kier molecular flexibility index (Phi) is 3.55. The Balaban J connectivity index is 1.84. The quantitative estimate of drug-likeness (QED) is 0.659. The minimum Gasteiger partial charge on any atom is -0.271 e. The van der Waals surface area contributed by atoms with Crippen LogP contribution in [0.3, 0.4) is 0 Å². The van der Waals surface area contributed by atoms with Gasteiger partial charge in [-0.05, 0) is 54.0 Å². The number of aryl methyl sites for hydroxylation is 1. The second-order valence-corrected chi connectivity index (χ2v) is 5.56. The molecule has 2 aromatic rings. The van der Waals surface area contributed by atoms with Gasteiger partial charge in [0, 0.05) is 6.04 Å². The molecular formula is C17H19FN2. The van der Waals surface area contributed by atoms with Gasteiger partial charge in [-0.3, -0.25) is 11.3 Å². The van der Waals surface area contributed by atoms with E-state index in [2.05, 4.69) is 29.7 Å². The van der Waals surface area contributed by atoms with Gasteiger partial charge in [-0.2, -0.15) is 0 Å². The predicted octanol–water partition coefficient (Wildman–Crippen LogP) is 3.44. The van der Waals surface area contributed by atoms with Gasteiger partial charge in [-0.15, -0.1) is 0 Å². The van der Waals surface area contributed by atoms with Crippen LogP contribution < -0.4 is 11.3 Å². The number of hydrogen-bond acceptors (Lipinski definition) is 2. The van der Waals surface area contributed by atoms with E-state index in [9.17, 15) is 4.39 Å². The summed E-state index contributed by atoms with van der Waals surface area (Å²) in [6, 6.07) is 15.4. The van der Waals surface area contributed by atoms with Crippen LogP contribution in [0.4, 0.5) is 4.39 Å². The number of rotatable bonds is 4. The molecule has 2 aromatic carbocycles. The lowest BCUT2D eigenvalue weighted by atomic mass is 9.95. The maximum atomic E-state index is 13.5. The van der Waals surface area contributed by atoms with E-state index < -0.39 is 0 Å². The van der Waals surface area contributed by atoms with Crippen LogP contribution in [-0.4, -0.2) is 0 Å². The highest BCUT2D eigenvalue weighted by molar-refractivity contribution is 5.34. The molecule has 0 radical (unpaired) electrons. The Morgan fingerprint density at radius 2 is 1.95 bits per heavy atom. The molecule has 3 atom stereocenters. The molecule has 3 unspecified atom stereocenters. The third kappa shape index (κ3) is 2.47. The highest BCUT2D eigenvalue weighted by Gasteiger charge is 2.44. The zero-order chi connectivity index (χ0) is 14.1. The van der Waals surface area contributed by atoms with Crippen LogP contribution >= 0.6 is 0 Å². The lowest BCUT2D eigenvalue weighted by molar-refractivity contribution is 0.481. The summed E-state index contributed by atoms with van der Waals surface area (Å²) in [5, 5.41) is 0. The van der Waals surface area contributed by atoms with E-state index >= 15 is 0 Å². The van der Waals surface area contributed by atoms with Crippen molar-refractivity contribution in [2.24, 2.45) is 11.8 Å². The van der Waals surface area contributed by atoms with E-state index in [1.54, 1.807) is 6.07 Å². The summed E-state index contributed by atoms with van der Waals surface area (Å²) in [6.07, 6.45) is 1.09. The van der Waals surface area contributed by atoms with Gasteiger partial charge in [0.05, 0.1) is 0 Å². The summed E-state index contributed by atoms with van der Waals surface area (Å²) in [6.45, 7) is 2.00. The summed E-state index contributed by atoms with van der Waals surface area (Å²) in [5.41, 5.74) is 6.27. The fraction of sp³-hybridized carbons (Fsp3) is 0.294. The van der Waals surface area contributed by atoms with Crippen LogP contribution in [0.25, 0.3) is 0 Å². The van der Waals surface area contributed by atoms with Gasteiger partial charge in [-0.25, -0.2) is 4.39 Å². The van der Waals surface area contributed by atoms with Crippen LogP contribution in [0.15, 0.2) is 48.5 Å². The molecule has 1 fully saturated rings. The van der Waals surface area contributed by atoms with Crippen molar-refractivity contribution in [3.05, 3.63) is 71.0 Å². The monoisotopic (exact) mass is 270 g/mol. The van der Waals surface area contributed by atoms with Gasteiger partial charge in [0.25, 0.3) is 0 Å². The number of halogens is 1. The van der Waals surface area contributed by atoms with E-state index in [-0.39, 0.29) is 11.9 Å². The largest absolute Gasteiger partial charge is 0.271 e. The highest BCUT2D eigenvalue weighted by Crippen LogP contribution is 2.54. The molecule has 0 aromatic heterocycles. The van der Waals surface area contributed by atoms with E-state index in [1.165, 1.54) is 11.6 Å². The predicted molar refractivity (Wildman–Crippen MR) is 78.5 cm³/mol. The lowest BCUT2D eigenvalue weighted by Gasteiger charge is -2.19. The number of nitrogens with two attached hydrogens (primary N) is 1. The van der Waals surface area contributed by atoms with Crippen molar-refractivity contribution in [2.75, 3.05) is 0 Å².